The maximum Gasteiger partial charge on any atom is 0.263 e. The fourth-order valence-corrected chi connectivity index (χ4v) is 4.11. The molecule has 3 N–H and O–H groups in total. The zero-order valence-corrected chi connectivity index (χ0v) is 16.8. The van der Waals surface area contributed by atoms with Crippen molar-refractivity contribution in [3.63, 3.8) is 0 Å². The third-order valence-electron chi connectivity index (χ3n) is 3.97. The molecule has 0 radical (unpaired) electrons. The molecule has 2 aromatic carbocycles. The molecule has 0 saturated carbocycles. The molecule has 0 aliphatic carbocycles. The molecule has 0 saturated heterocycles. The first kappa shape index (κ1) is 19.9. The van der Waals surface area contributed by atoms with Crippen LogP contribution < -0.4 is 16.0 Å². The van der Waals surface area contributed by atoms with Crippen LogP contribution in [0.1, 0.15) is 22.2 Å². The number of benzene rings is 2. The third kappa shape index (κ3) is 4.49. The van der Waals surface area contributed by atoms with Crippen LogP contribution in [0, 0.1) is 6.92 Å². The fraction of sp³-hybridized carbons (Fsp3) is 0.150. The van der Waals surface area contributed by atoms with Crippen molar-refractivity contribution in [2.45, 2.75) is 13.8 Å². The summed E-state index contributed by atoms with van der Waals surface area (Å²) in [4.78, 5) is 36.1. The molecule has 0 atom stereocenters. The lowest BCUT2D eigenvalue weighted by molar-refractivity contribution is -0.115. The molecular formula is C20H18ClN3O3S. The second-order valence-corrected chi connectivity index (χ2v) is 7.61. The highest BCUT2D eigenvalue weighted by Crippen LogP contribution is 2.34. The van der Waals surface area contributed by atoms with Gasteiger partial charge in [-0.2, -0.15) is 0 Å². The van der Waals surface area contributed by atoms with Crippen molar-refractivity contribution in [1.29, 1.82) is 0 Å². The number of halogens is 1. The Bertz CT molecular complexity index is 1080. The number of carbonyl (C=O) groups is 3. The van der Waals surface area contributed by atoms with Crippen LogP contribution in [0.5, 0.6) is 0 Å². The van der Waals surface area contributed by atoms with E-state index in [0.717, 1.165) is 15.6 Å². The van der Waals surface area contributed by atoms with E-state index >= 15 is 0 Å². The summed E-state index contributed by atoms with van der Waals surface area (Å²) in [5.41, 5.74) is 2.07. The van der Waals surface area contributed by atoms with Gasteiger partial charge in [0.1, 0.15) is 4.88 Å². The molecule has 6 nitrogen and oxygen atoms in total. The summed E-state index contributed by atoms with van der Waals surface area (Å²) in [5.74, 6) is -0.918. The van der Waals surface area contributed by atoms with Gasteiger partial charge < -0.3 is 16.0 Å². The van der Waals surface area contributed by atoms with E-state index in [1.165, 1.54) is 18.3 Å². The predicted octanol–water partition coefficient (Wildman–Crippen LogP) is 4.19. The first-order valence-corrected chi connectivity index (χ1v) is 9.68. The van der Waals surface area contributed by atoms with Crippen molar-refractivity contribution in [2.75, 3.05) is 17.2 Å². The van der Waals surface area contributed by atoms with Crippen LogP contribution in [0.3, 0.4) is 0 Å². The number of rotatable bonds is 5. The highest BCUT2D eigenvalue weighted by molar-refractivity contribution is 7.21. The topological polar surface area (TPSA) is 87.3 Å². The van der Waals surface area contributed by atoms with E-state index in [0.29, 0.717) is 21.3 Å². The number of hydrogen-bond acceptors (Lipinski definition) is 4. The zero-order valence-electron chi connectivity index (χ0n) is 15.3. The van der Waals surface area contributed by atoms with Crippen LogP contribution in [0.25, 0.3) is 10.1 Å². The van der Waals surface area contributed by atoms with Gasteiger partial charge in [-0.25, -0.2) is 0 Å². The zero-order chi connectivity index (χ0) is 20.3. The first-order chi connectivity index (χ1) is 13.3. The SMILES string of the molecule is CC(=O)Nc1ccc(NC(=O)CNC(=O)c2sc3ccccc3c2Cl)cc1C. The lowest BCUT2D eigenvalue weighted by atomic mass is 10.1. The second kappa shape index (κ2) is 8.41. The third-order valence-corrected chi connectivity index (χ3v) is 5.65. The predicted molar refractivity (Wildman–Crippen MR) is 113 cm³/mol. The summed E-state index contributed by atoms with van der Waals surface area (Å²) in [6.07, 6.45) is 0. The molecule has 144 valence electrons. The smallest absolute Gasteiger partial charge is 0.263 e. The molecule has 0 fully saturated rings. The van der Waals surface area contributed by atoms with Gasteiger partial charge in [-0.3, -0.25) is 14.4 Å². The fourth-order valence-electron chi connectivity index (χ4n) is 2.68. The number of anilines is 2. The Morgan fingerprint density at radius 2 is 1.82 bits per heavy atom. The molecule has 0 bridgehead atoms. The Morgan fingerprint density at radius 3 is 2.50 bits per heavy atom. The van der Waals surface area contributed by atoms with Gasteiger partial charge in [-0.05, 0) is 36.8 Å². The van der Waals surface area contributed by atoms with Gasteiger partial charge in [0, 0.05) is 28.4 Å². The second-order valence-electron chi connectivity index (χ2n) is 6.18. The maximum absolute atomic E-state index is 12.4. The van der Waals surface area contributed by atoms with E-state index in [9.17, 15) is 14.4 Å². The molecule has 1 aromatic heterocycles. The molecule has 1 heterocycles. The lowest BCUT2D eigenvalue weighted by Gasteiger charge is -2.10. The average Bonchev–Trinajstić information content (AvgIpc) is 2.99. The normalized spacial score (nSPS) is 10.5. The summed E-state index contributed by atoms with van der Waals surface area (Å²) in [6, 6.07) is 12.6. The molecule has 3 aromatic rings. The minimum atomic E-state index is -0.390. The van der Waals surface area contributed by atoms with Gasteiger partial charge in [0.2, 0.25) is 11.8 Å². The van der Waals surface area contributed by atoms with Crippen molar-refractivity contribution in [2.24, 2.45) is 0 Å². The Hall–Kier alpha value is -2.90. The highest BCUT2D eigenvalue weighted by Gasteiger charge is 2.17. The highest BCUT2D eigenvalue weighted by atomic mass is 35.5. The summed E-state index contributed by atoms with van der Waals surface area (Å²) in [7, 11) is 0. The number of nitrogens with one attached hydrogen (secondary N) is 3. The molecule has 3 rings (SSSR count). The molecule has 0 spiro atoms. The molecule has 8 heteroatoms. The van der Waals surface area contributed by atoms with Crippen LogP contribution in [-0.2, 0) is 9.59 Å². The molecular weight excluding hydrogens is 398 g/mol. The van der Waals surface area contributed by atoms with Crippen molar-refractivity contribution >= 4 is 62.1 Å². The minimum absolute atomic E-state index is 0.164. The Labute approximate surface area is 170 Å². The van der Waals surface area contributed by atoms with Gasteiger partial charge in [-0.1, -0.05) is 29.8 Å². The van der Waals surface area contributed by atoms with E-state index in [1.807, 2.05) is 31.2 Å². The van der Waals surface area contributed by atoms with E-state index < -0.39 is 5.91 Å². The van der Waals surface area contributed by atoms with E-state index in [2.05, 4.69) is 16.0 Å². The first-order valence-electron chi connectivity index (χ1n) is 8.48. The number of fused-ring (bicyclic) bond motifs is 1. The Kier molecular flexibility index (Phi) is 5.96. The van der Waals surface area contributed by atoms with Crippen LogP contribution in [0.15, 0.2) is 42.5 Å². The van der Waals surface area contributed by atoms with Gasteiger partial charge in [-0.15, -0.1) is 11.3 Å². The standard InChI is InChI=1S/C20H18ClN3O3S/c1-11-9-13(7-8-15(11)23-12(2)25)24-17(26)10-22-20(27)19-18(21)14-5-3-4-6-16(14)28-19/h3-9H,10H2,1-2H3,(H,22,27)(H,23,25)(H,24,26). The number of thiophene rings is 1. The quantitative estimate of drug-likeness (QED) is 0.583. The monoisotopic (exact) mass is 415 g/mol. The number of aryl methyl sites for hydroxylation is 1. The van der Waals surface area contributed by atoms with Crippen molar-refractivity contribution in [1.82, 2.24) is 5.32 Å². The lowest BCUT2D eigenvalue weighted by Crippen LogP contribution is -2.32. The van der Waals surface area contributed by atoms with E-state index in [4.69, 9.17) is 11.6 Å². The summed E-state index contributed by atoms with van der Waals surface area (Å²) in [6.45, 7) is 3.07. The van der Waals surface area contributed by atoms with Gasteiger partial charge in [0.25, 0.3) is 5.91 Å². The van der Waals surface area contributed by atoms with E-state index in [1.54, 1.807) is 18.2 Å². The van der Waals surface area contributed by atoms with Crippen molar-refractivity contribution in [3.8, 4) is 0 Å². The van der Waals surface area contributed by atoms with Gasteiger partial charge >= 0.3 is 0 Å². The van der Waals surface area contributed by atoms with Gasteiger partial charge in [0.05, 0.1) is 11.6 Å². The number of hydrogen-bond donors (Lipinski definition) is 3. The maximum atomic E-state index is 12.4. The van der Waals surface area contributed by atoms with E-state index in [-0.39, 0.29) is 18.4 Å². The van der Waals surface area contributed by atoms with Crippen LogP contribution in [-0.4, -0.2) is 24.3 Å². The molecule has 0 aliphatic rings. The van der Waals surface area contributed by atoms with Gasteiger partial charge in [0.15, 0.2) is 0 Å². The molecule has 3 amide bonds. The summed E-state index contributed by atoms with van der Waals surface area (Å²) >= 11 is 7.57. The van der Waals surface area contributed by atoms with Crippen LogP contribution in [0.2, 0.25) is 5.02 Å². The largest absolute Gasteiger partial charge is 0.342 e. The van der Waals surface area contributed by atoms with Crippen molar-refractivity contribution in [3.05, 3.63) is 57.9 Å². The van der Waals surface area contributed by atoms with Crippen LogP contribution >= 0.6 is 22.9 Å². The van der Waals surface area contributed by atoms with Crippen molar-refractivity contribution < 1.29 is 14.4 Å². The Morgan fingerprint density at radius 1 is 1.07 bits per heavy atom. The van der Waals surface area contributed by atoms with Crippen LogP contribution in [0.4, 0.5) is 11.4 Å². The molecule has 0 aliphatic heterocycles. The number of amides is 3. The Balaban J connectivity index is 1.60. The molecule has 0 unspecified atom stereocenters. The summed E-state index contributed by atoms with van der Waals surface area (Å²) < 4.78 is 0.914. The summed E-state index contributed by atoms with van der Waals surface area (Å²) in [5, 5.41) is 9.22. The minimum Gasteiger partial charge on any atom is -0.342 e. The average molecular weight is 416 g/mol. The number of carbonyl (C=O) groups excluding carboxylic acids is 3. The molecule has 28 heavy (non-hydrogen) atoms.